The van der Waals surface area contributed by atoms with Crippen molar-refractivity contribution in [3.63, 3.8) is 0 Å². The van der Waals surface area contributed by atoms with Crippen LogP contribution in [0.3, 0.4) is 0 Å². The second-order valence-corrected chi connectivity index (χ2v) is 1.28. The van der Waals surface area contributed by atoms with Crippen LogP contribution in [0.1, 0.15) is 0 Å². The molecular formula is C3H5BN2. The molecule has 0 aromatic carbocycles. The summed E-state index contributed by atoms with van der Waals surface area (Å²) in [6.07, 6.45) is 3.62. The molecule has 0 atom stereocenters. The van der Waals surface area contributed by atoms with Crippen LogP contribution in [-0.2, 0) is 0 Å². The maximum Gasteiger partial charge on any atom is 0.143 e. The van der Waals surface area contributed by atoms with Gasteiger partial charge in [0.05, 0.1) is 0 Å². The van der Waals surface area contributed by atoms with Gasteiger partial charge < -0.3 is 0 Å². The fraction of sp³-hybridized carbons (Fsp3) is 0. The average Bonchev–Trinajstić information content (AvgIpc) is 1.86. The largest absolute Gasteiger partial charge is 0.286 e. The van der Waals surface area contributed by atoms with E-state index in [1.54, 1.807) is 6.20 Å². The van der Waals surface area contributed by atoms with E-state index in [-0.39, 0.29) is 0 Å². The van der Waals surface area contributed by atoms with E-state index in [0.717, 1.165) is 0 Å². The molecule has 30 valence electrons. The van der Waals surface area contributed by atoms with E-state index in [2.05, 4.69) is 10.2 Å². The Kier molecular flexibility index (Phi) is 0.672. The minimum Gasteiger partial charge on any atom is -0.286 e. The second-order valence-electron chi connectivity index (χ2n) is 1.28. The zero-order valence-corrected chi connectivity index (χ0v) is 3.60. The van der Waals surface area contributed by atoms with E-state index in [1.165, 1.54) is 5.46 Å². The summed E-state index contributed by atoms with van der Waals surface area (Å²) in [4.78, 5) is 0. The Morgan fingerprint density at radius 3 is 2.83 bits per heavy atom. The van der Waals surface area contributed by atoms with Crippen molar-refractivity contribution in [2.45, 2.75) is 0 Å². The minimum absolute atomic E-state index is 1.18. The first-order valence-electron chi connectivity index (χ1n) is 1.85. The molecule has 3 heteroatoms. The van der Waals surface area contributed by atoms with Crippen molar-refractivity contribution in [1.82, 2.24) is 10.2 Å². The number of aromatic nitrogens is 2. The first-order chi connectivity index (χ1) is 2.89. The zero-order valence-electron chi connectivity index (χ0n) is 3.60. The predicted molar refractivity (Wildman–Crippen MR) is 26.8 cm³/mol. The van der Waals surface area contributed by atoms with Crippen LogP contribution in [0.2, 0.25) is 0 Å². The summed E-state index contributed by atoms with van der Waals surface area (Å²) in [5, 5.41) is 6.38. The lowest BCUT2D eigenvalue weighted by Gasteiger charge is -1.62. The molecule has 0 unspecified atom stereocenters. The van der Waals surface area contributed by atoms with Crippen LogP contribution < -0.4 is 5.46 Å². The molecule has 0 amide bonds. The second kappa shape index (κ2) is 1.16. The van der Waals surface area contributed by atoms with Gasteiger partial charge in [0.1, 0.15) is 7.85 Å². The molecule has 0 saturated carbocycles. The fourth-order valence-corrected chi connectivity index (χ4v) is 0.315. The van der Waals surface area contributed by atoms with Gasteiger partial charge in [-0.05, 0) is 0 Å². The molecule has 0 fully saturated rings. The molecular weight excluding hydrogens is 74.9 g/mol. The van der Waals surface area contributed by atoms with E-state index in [9.17, 15) is 0 Å². The van der Waals surface area contributed by atoms with Crippen molar-refractivity contribution in [3.05, 3.63) is 12.4 Å². The summed E-state index contributed by atoms with van der Waals surface area (Å²) in [6, 6.07) is 0. The van der Waals surface area contributed by atoms with Gasteiger partial charge in [-0.2, -0.15) is 5.10 Å². The molecule has 0 aliphatic rings. The third-order valence-corrected chi connectivity index (χ3v) is 0.635. The monoisotopic (exact) mass is 80.1 g/mol. The smallest absolute Gasteiger partial charge is 0.143 e. The van der Waals surface area contributed by atoms with E-state index < -0.39 is 0 Å². The normalized spacial score (nSPS) is 8.67. The van der Waals surface area contributed by atoms with Crippen molar-refractivity contribution in [2.24, 2.45) is 0 Å². The third-order valence-electron chi connectivity index (χ3n) is 0.635. The molecule has 1 aromatic rings. The van der Waals surface area contributed by atoms with E-state index >= 15 is 0 Å². The Balaban J connectivity index is 3.05. The minimum atomic E-state index is 1.18. The van der Waals surface area contributed by atoms with Gasteiger partial charge in [-0.3, -0.25) is 5.10 Å². The lowest BCUT2D eigenvalue weighted by atomic mass is 10.0. The highest BCUT2D eigenvalue weighted by atomic mass is 15.1. The van der Waals surface area contributed by atoms with Gasteiger partial charge in [0.25, 0.3) is 0 Å². The van der Waals surface area contributed by atoms with Crippen molar-refractivity contribution in [1.29, 1.82) is 0 Å². The topological polar surface area (TPSA) is 28.7 Å². The molecule has 1 N–H and O–H groups in total. The van der Waals surface area contributed by atoms with Crippen LogP contribution in [0.4, 0.5) is 0 Å². The predicted octanol–water partition coefficient (Wildman–Crippen LogP) is -1.33. The summed E-state index contributed by atoms with van der Waals surface area (Å²) in [5.74, 6) is 0. The molecule has 1 aromatic heterocycles. The van der Waals surface area contributed by atoms with Gasteiger partial charge in [-0.25, -0.2) is 0 Å². The van der Waals surface area contributed by atoms with Crippen LogP contribution in [0.15, 0.2) is 12.4 Å². The number of nitrogens with zero attached hydrogens (tertiary/aromatic N) is 1. The van der Waals surface area contributed by atoms with Crippen molar-refractivity contribution < 1.29 is 0 Å². The summed E-state index contributed by atoms with van der Waals surface area (Å²) in [5.41, 5.74) is 1.18. The molecule has 0 spiro atoms. The Morgan fingerprint density at radius 2 is 2.67 bits per heavy atom. The molecule has 1 heterocycles. The quantitative estimate of drug-likeness (QED) is 0.384. The van der Waals surface area contributed by atoms with Crippen LogP contribution in [0.25, 0.3) is 0 Å². The van der Waals surface area contributed by atoms with Gasteiger partial charge in [-0.15, -0.1) is 0 Å². The summed E-state index contributed by atoms with van der Waals surface area (Å²) in [7, 11) is 1.99. The molecule has 0 saturated heterocycles. The third kappa shape index (κ3) is 0.430. The van der Waals surface area contributed by atoms with Crippen LogP contribution in [-0.4, -0.2) is 18.0 Å². The number of hydrogen-bond acceptors (Lipinski definition) is 1. The molecule has 6 heavy (non-hydrogen) atoms. The number of hydrogen-bond donors (Lipinski definition) is 1. The van der Waals surface area contributed by atoms with Crippen LogP contribution in [0, 0.1) is 0 Å². The highest BCUT2D eigenvalue weighted by Crippen LogP contribution is 1.59. The van der Waals surface area contributed by atoms with E-state index in [0.29, 0.717) is 0 Å². The van der Waals surface area contributed by atoms with Gasteiger partial charge in [0.15, 0.2) is 0 Å². The SMILES string of the molecule is Bc1cn[nH]c1. The van der Waals surface area contributed by atoms with Crippen LogP contribution >= 0.6 is 0 Å². The van der Waals surface area contributed by atoms with Crippen LogP contribution in [0.5, 0.6) is 0 Å². The summed E-state index contributed by atoms with van der Waals surface area (Å²) in [6.45, 7) is 0. The number of H-pyrrole nitrogens is 1. The van der Waals surface area contributed by atoms with Gasteiger partial charge in [0, 0.05) is 12.4 Å². The standard InChI is InChI=1S/C3H5BN2/c4-3-1-5-6-2-3/h1-2H,4H2,(H,5,6). The Labute approximate surface area is 37.0 Å². The molecule has 1 rings (SSSR count). The fourth-order valence-electron chi connectivity index (χ4n) is 0.315. The molecule has 0 aliphatic heterocycles. The van der Waals surface area contributed by atoms with Crippen molar-refractivity contribution in [2.75, 3.05) is 0 Å². The highest BCUT2D eigenvalue weighted by Gasteiger charge is 1.75. The average molecular weight is 79.9 g/mol. The summed E-state index contributed by atoms with van der Waals surface area (Å²) >= 11 is 0. The van der Waals surface area contributed by atoms with Gasteiger partial charge in [0.2, 0.25) is 0 Å². The molecule has 0 bridgehead atoms. The molecule has 2 nitrogen and oxygen atoms in total. The number of aromatic amines is 1. The Morgan fingerprint density at radius 1 is 1.83 bits per heavy atom. The first-order valence-corrected chi connectivity index (χ1v) is 1.85. The van der Waals surface area contributed by atoms with E-state index in [1.807, 2.05) is 14.0 Å². The highest BCUT2D eigenvalue weighted by molar-refractivity contribution is 6.31. The van der Waals surface area contributed by atoms with Gasteiger partial charge in [-0.1, -0.05) is 5.46 Å². The van der Waals surface area contributed by atoms with Crippen molar-refractivity contribution in [3.8, 4) is 0 Å². The Hall–Kier alpha value is -0.725. The van der Waals surface area contributed by atoms with Gasteiger partial charge >= 0.3 is 0 Å². The zero-order chi connectivity index (χ0) is 4.41. The van der Waals surface area contributed by atoms with E-state index in [4.69, 9.17) is 0 Å². The Bertz CT molecular complexity index is 112. The lowest BCUT2D eigenvalue weighted by molar-refractivity contribution is 1.09. The maximum atomic E-state index is 3.70. The number of rotatable bonds is 0. The lowest BCUT2D eigenvalue weighted by Crippen LogP contribution is -1.93. The summed E-state index contributed by atoms with van der Waals surface area (Å²) < 4.78 is 0. The molecule has 0 aliphatic carbocycles. The maximum absolute atomic E-state index is 3.70. The van der Waals surface area contributed by atoms with Crippen molar-refractivity contribution >= 4 is 13.3 Å². The molecule has 0 radical (unpaired) electrons. The first kappa shape index (κ1) is 3.46. The number of nitrogens with one attached hydrogen (secondary N) is 1.